The molecule has 1 amide bonds. The zero-order valence-electron chi connectivity index (χ0n) is 15.5. The van der Waals surface area contributed by atoms with Crippen molar-refractivity contribution in [3.8, 4) is 17.0 Å². The maximum Gasteiger partial charge on any atom is 0.266 e. The summed E-state index contributed by atoms with van der Waals surface area (Å²) in [5, 5.41) is 16.8. The summed E-state index contributed by atoms with van der Waals surface area (Å²) < 4.78 is 29.5. The molecule has 30 heavy (non-hydrogen) atoms. The van der Waals surface area contributed by atoms with Gasteiger partial charge in [-0.3, -0.25) is 4.79 Å². The molecule has 4 rings (SSSR count). The fraction of sp³-hybridized carbons (Fsp3) is 0.211. The van der Waals surface area contributed by atoms with Gasteiger partial charge in [0.25, 0.3) is 11.8 Å². The van der Waals surface area contributed by atoms with E-state index in [1.807, 2.05) is 6.20 Å². The third-order valence-electron chi connectivity index (χ3n) is 4.72. The quantitative estimate of drug-likeness (QED) is 0.365. The fourth-order valence-electron chi connectivity index (χ4n) is 3.26. The Balaban J connectivity index is 1.76. The largest absolute Gasteiger partial charge is 0.508 e. The van der Waals surface area contributed by atoms with E-state index in [-0.39, 0.29) is 24.5 Å². The second-order valence-corrected chi connectivity index (χ2v) is 8.89. The van der Waals surface area contributed by atoms with E-state index in [0.717, 1.165) is 0 Å². The highest BCUT2D eigenvalue weighted by atomic mass is 127. The number of amides is 1. The number of pyridine rings is 1. The summed E-state index contributed by atoms with van der Waals surface area (Å²) in [5.74, 6) is -2.92. The maximum absolute atomic E-state index is 13.9. The van der Waals surface area contributed by atoms with Gasteiger partial charge in [-0.05, 0) is 58.4 Å². The summed E-state index contributed by atoms with van der Waals surface area (Å²) in [4.78, 5) is 18.6. The number of phenolic OH excluding ortho intramolecular Hbond substituents is 1. The lowest BCUT2D eigenvalue weighted by molar-refractivity contribution is 0.0257. The lowest BCUT2D eigenvalue weighted by Gasteiger charge is -2.22. The first kappa shape index (κ1) is 20.9. The number of halogens is 3. The number of nitrogens with zero attached hydrogens (tertiary/aromatic N) is 4. The van der Waals surface area contributed by atoms with Gasteiger partial charge in [-0.15, -0.1) is 0 Å². The zero-order valence-corrected chi connectivity index (χ0v) is 18.7. The summed E-state index contributed by atoms with van der Waals surface area (Å²) in [6, 6.07) is 9.29. The van der Waals surface area contributed by atoms with Gasteiger partial charge in [-0.2, -0.15) is 5.10 Å². The molecule has 1 aromatic carbocycles. The van der Waals surface area contributed by atoms with Crippen molar-refractivity contribution in [3.05, 3.63) is 54.4 Å². The predicted octanol–water partition coefficient (Wildman–Crippen LogP) is 4.54. The van der Waals surface area contributed by atoms with Gasteiger partial charge in [-0.1, -0.05) is 0 Å². The molecule has 1 fully saturated rings. The zero-order chi connectivity index (χ0) is 21.3. The van der Waals surface area contributed by atoms with Crippen LogP contribution in [-0.4, -0.2) is 44.6 Å². The average Bonchev–Trinajstić information content (AvgIpc) is 3.34. The second kappa shape index (κ2) is 8.43. The summed E-state index contributed by atoms with van der Waals surface area (Å²) in [7, 11) is 0. The number of carbonyl (C=O) groups is 1. The number of carbonyl (C=O) groups excluding carboxylic acids is 1. The molecule has 3 heterocycles. The Bertz CT molecular complexity index is 1080. The van der Waals surface area contributed by atoms with Gasteiger partial charge in [-0.25, -0.2) is 18.2 Å². The molecule has 11 heteroatoms. The standard InChI is InChI=1S/C19H17F2IN5O2P/c20-19(21)7-10-26(11-19)17-16(24-18(29)12-1-3-13(28)4-2-12)14(5-8-23-17)15-6-9-27(25-15)30-22/h1-6,8-9,28,30H,7,10-11H2,(H,24,29). The van der Waals surface area contributed by atoms with Crippen LogP contribution >= 0.6 is 28.4 Å². The van der Waals surface area contributed by atoms with Crippen LogP contribution in [0.4, 0.5) is 20.3 Å². The number of nitrogens with one attached hydrogen (secondary N) is 1. The van der Waals surface area contributed by atoms with Gasteiger partial charge in [0.2, 0.25) is 0 Å². The van der Waals surface area contributed by atoms with Crippen LogP contribution in [0.15, 0.2) is 48.8 Å². The van der Waals surface area contributed by atoms with Crippen LogP contribution < -0.4 is 10.2 Å². The smallest absolute Gasteiger partial charge is 0.266 e. The van der Waals surface area contributed by atoms with Gasteiger partial charge < -0.3 is 15.3 Å². The fourth-order valence-corrected chi connectivity index (χ4v) is 4.34. The van der Waals surface area contributed by atoms with E-state index in [2.05, 4.69) is 37.4 Å². The van der Waals surface area contributed by atoms with Crippen molar-refractivity contribution in [2.24, 2.45) is 0 Å². The van der Waals surface area contributed by atoms with Crippen molar-refractivity contribution in [1.82, 2.24) is 14.5 Å². The highest BCUT2D eigenvalue weighted by molar-refractivity contribution is 14.2. The molecule has 156 valence electrons. The lowest BCUT2D eigenvalue weighted by atomic mass is 10.1. The number of hydrogen-bond acceptors (Lipinski definition) is 5. The number of aromatic hydroxyl groups is 1. The molecule has 0 spiro atoms. The monoisotopic (exact) mass is 543 g/mol. The van der Waals surface area contributed by atoms with Crippen LogP contribution in [-0.2, 0) is 0 Å². The van der Waals surface area contributed by atoms with Crippen LogP contribution in [0.5, 0.6) is 5.75 Å². The van der Waals surface area contributed by atoms with Crippen LogP contribution in [0.2, 0.25) is 0 Å². The molecule has 0 radical (unpaired) electrons. The van der Waals surface area contributed by atoms with Crippen molar-refractivity contribution in [3.63, 3.8) is 0 Å². The molecule has 2 aromatic heterocycles. The number of anilines is 2. The summed E-state index contributed by atoms with van der Waals surface area (Å²) in [6.07, 6.45) is 3.48. The summed E-state index contributed by atoms with van der Waals surface area (Å²) in [6.45, 7) is -0.329. The molecule has 1 saturated heterocycles. The number of aromatic nitrogens is 3. The number of hydrogen-bond donors (Lipinski definition) is 2. The van der Waals surface area contributed by atoms with Gasteiger partial charge in [0.1, 0.15) is 5.75 Å². The Labute approximate surface area is 185 Å². The third kappa shape index (κ3) is 4.39. The Hall–Kier alpha value is -2.33. The number of rotatable bonds is 5. The minimum absolute atomic E-state index is 0.0405. The predicted molar refractivity (Wildman–Crippen MR) is 121 cm³/mol. The molecular formula is C19H17F2IN5O2P. The van der Waals surface area contributed by atoms with E-state index in [1.165, 1.54) is 35.4 Å². The van der Waals surface area contributed by atoms with Crippen molar-refractivity contribution in [1.29, 1.82) is 0 Å². The van der Waals surface area contributed by atoms with E-state index < -0.39 is 18.4 Å². The number of phenols is 1. The molecule has 1 aliphatic rings. The third-order valence-corrected chi connectivity index (χ3v) is 6.62. The van der Waals surface area contributed by atoms with Gasteiger partial charge in [0.15, 0.2) is 5.82 Å². The van der Waals surface area contributed by atoms with Gasteiger partial charge in [0.05, 0.1) is 24.3 Å². The Morgan fingerprint density at radius 1 is 1.23 bits per heavy atom. The summed E-state index contributed by atoms with van der Waals surface area (Å²) in [5.41, 5.74) is 1.85. The molecule has 1 atom stereocenters. The molecule has 7 nitrogen and oxygen atoms in total. The first-order valence-corrected chi connectivity index (χ1v) is 13.1. The molecular weight excluding hydrogens is 526 g/mol. The van der Waals surface area contributed by atoms with Crippen molar-refractivity contribution >= 4 is 45.8 Å². The minimum Gasteiger partial charge on any atom is -0.508 e. The molecule has 3 aromatic rings. The second-order valence-electron chi connectivity index (χ2n) is 6.82. The van der Waals surface area contributed by atoms with E-state index in [0.29, 0.717) is 28.9 Å². The first-order chi connectivity index (χ1) is 14.4. The van der Waals surface area contributed by atoms with Crippen LogP contribution in [0, 0.1) is 0 Å². The number of alkyl halides is 2. The SMILES string of the molecule is O=C(Nc1c(-c2ccn(PI)n2)ccnc1N1CCC(F)(F)C1)c1ccc(O)cc1. The van der Waals surface area contributed by atoms with E-state index >= 15 is 0 Å². The Kier molecular flexibility index (Phi) is 5.88. The van der Waals surface area contributed by atoms with Crippen LogP contribution in [0.3, 0.4) is 0 Å². The van der Waals surface area contributed by atoms with Gasteiger partial charge in [0, 0.05) is 36.5 Å². The molecule has 0 bridgehead atoms. The molecule has 0 aliphatic carbocycles. The van der Waals surface area contributed by atoms with Crippen molar-refractivity contribution in [2.75, 3.05) is 23.3 Å². The molecule has 1 aliphatic heterocycles. The Morgan fingerprint density at radius 3 is 2.63 bits per heavy atom. The van der Waals surface area contributed by atoms with Crippen molar-refractivity contribution in [2.45, 2.75) is 12.3 Å². The van der Waals surface area contributed by atoms with Crippen molar-refractivity contribution < 1.29 is 18.7 Å². The highest BCUT2D eigenvalue weighted by Crippen LogP contribution is 2.39. The normalized spacial score (nSPS) is 15.8. The van der Waals surface area contributed by atoms with E-state index in [1.54, 1.807) is 16.6 Å². The van der Waals surface area contributed by atoms with Crippen LogP contribution in [0.1, 0.15) is 16.8 Å². The highest BCUT2D eigenvalue weighted by Gasteiger charge is 2.40. The molecule has 2 N–H and O–H groups in total. The first-order valence-electron chi connectivity index (χ1n) is 9.01. The van der Waals surface area contributed by atoms with Gasteiger partial charge >= 0.3 is 0 Å². The number of benzene rings is 1. The minimum atomic E-state index is -2.81. The van der Waals surface area contributed by atoms with E-state index in [4.69, 9.17) is 0 Å². The Morgan fingerprint density at radius 2 is 2.00 bits per heavy atom. The molecule has 1 unspecified atom stereocenters. The summed E-state index contributed by atoms with van der Waals surface area (Å²) >= 11 is 2.20. The van der Waals surface area contributed by atoms with Crippen LogP contribution in [0.25, 0.3) is 11.3 Å². The topological polar surface area (TPSA) is 83.3 Å². The maximum atomic E-state index is 13.9. The molecule has 0 saturated carbocycles. The average molecular weight is 543 g/mol. The van der Waals surface area contributed by atoms with E-state index in [9.17, 15) is 18.7 Å². The lowest BCUT2D eigenvalue weighted by Crippen LogP contribution is -2.27.